The van der Waals surface area contributed by atoms with Gasteiger partial charge in [-0.1, -0.05) is 231 Å². The van der Waals surface area contributed by atoms with Crippen molar-refractivity contribution < 1.29 is 0 Å². The topological polar surface area (TPSA) is 66.3 Å². The van der Waals surface area contributed by atoms with Gasteiger partial charge in [0.05, 0.1) is 50.7 Å². The number of hydrogen-bond donors (Lipinski definition) is 0. The number of hydrogen-bond acceptors (Lipinski definition) is 4. The van der Waals surface area contributed by atoms with Crippen molar-refractivity contribution in [2.24, 2.45) is 0 Å². The Morgan fingerprint density at radius 1 is 0.247 bits per heavy atom. The molecule has 17 aromatic rings. The van der Waals surface area contributed by atoms with E-state index in [4.69, 9.17) is 19.9 Å². The van der Waals surface area contributed by atoms with Gasteiger partial charge in [-0.25, -0.2) is 19.9 Å². The number of nitrogens with zero attached hydrogens (tertiary/aromatic N) is 7. The first-order valence-electron chi connectivity index (χ1n) is 27.5. The summed E-state index contributed by atoms with van der Waals surface area (Å²) in [5.74, 6) is 2.62. The average molecular weight is 1030 g/mol. The van der Waals surface area contributed by atoms with Gasteiger partial charge >= 0.3 is 0 Å². The second-order valence-corrected chi connectivity index (χ2v) is 20.9. The molecule has 0 amide bonds. The van der Waals surface area contributed by atoms with E-state index in [1.54, 1.807) is 0 Å². The lowest BCUT2D eigenvalue weighted by Crippen LogP contribution is -2.11. The van der Waals surface area contributed by atoms with Crippen molar-refractivity contribution in [2.45, 2.75) is 0 Å². The fourth-order valence-corrected chi connectivity index (χ4v) is 13.0. The van der Waals surface area contributed by atoms with Crippen LogP contribution in [-0.4, -0.2) is 33.6 Å². The number of rotatable bonds is 7. The molecule has 5 aromatic heterocycles. The van der Waals surface area contributed by atoms with Gasteiger partial charge in [0, 0.05) is 54.6 Å². The summed E-state index contributed by atoms with van der Waals surface area (Å²) in [6.07, 6.45) is 2.12. The van der Waals surface area contributed by atoms with Crippen LogP contribution >= 0.6 is 0 Å². The minimum atomic E-state index is 0.589. The molecule has 5 heterocycles. The molecule has 0 radical (unpaired) electrons. The lowest BCUT2D eigenvalue weighted by atomic mass is 9.99. The van der Waals surface area contributed by atoms with Gasteiger partial charge in [-0.3, -0.25) is 4.57 Å². The Bertz CT molecular complexity index is 5340. The number of para-hydroxylation sites is 3. The van der Waals surface area contributed by atoms with Gasteiger partial charge in [0.15, 0.2) is 23.3 Å². The van der Waals surface area contributed by atoms with Crippen LogP contribution < -0.4 is 0 Å². The fourth-order valence-electron chi connectivity index (χ4n) is 13.0. The molecule has 0 N–H and O–H groups in total. The summed E-state index contributed by atoms with van der Waals surface area (Å²) in [6.45, 7) is 0. The lowest BCUT2D eigenvalue weighted by Gasteiger charge is -2.23. The first-order chi connectivity index (χ1) is 40.2. The molecular formula is C74H45N7. The summed E-state index contributed by atoms with van der Waals surface area (Å²) >= 11 is 0. The SMILES string of the molecule is c1ccc(-c2nc(-c3ccccc3)nc(-c3ccc(-c4c(-n5c6ccccc6c6c7ccccc7ccc65)cnc(-n5c6ccccc6c6c7ccccc7ccc65)c4-n4c5ccccc5c5c6ccccc6ccc54)cc3)n2)cc1. The van der Waals surface area contributed by atoms with Crippen LogP contribution in [0.15, 0.2) is 273 Å². The van der Waals surface area contributed by atoms with Crippen molar-refractivity contribution in [3.8, 4) is 62.5 Å². The van der Waals surface area contributed by atoms with E-state index in [0.717, 1.165) is 88.9 Å². The predicted octanol–water partition coefficient (Wildman–Crippen LogP) is 18.7. The summed E-state index contributed by atoms with van der Waals surface area (Å²) in [5.41, 5.74) is 13.1. The first kappa shape index (κ1) is 45.0. The largest absolute Gasteiger partial charge is 0.307 e. The van der Waals surface area contributed by atoms with Gasteiger partial charge in [-0.2, -0.15) is 0 Å². The van der Waals surface area contributed by atoms with Gasteiger partial charge in [-0.05, 0) is 74.3 Å². The third kappa shape index (κ3) is 6.82. The number of fused-ring (bicyclic) bond motifs is 15. The number of pyridine rings is 1. The van der Waals surface area contributed by atoms with E-state index in [2.05, 4.69) is 250 Å². The zero-order chi connectivity index (χ0) is 53.1. The molecule has 7 heteroatoms. The molecule has 0 fully saturated rings. The Hall–Kier alpha value is -11.0. The summed E-state index contributed by atoms with van der Waals surface area (Å²) in [5, 5.41) is 14.2. The van der Waals surface area contributed by atoms with Crippen LogP contribution in [0.5, 0.6) is 0 Å². The van der Waals surface area contributed by atoms with E-state index in [9.17, 15) is 0 Å². The molecule has 17 rings (SSSR count). The van der Waals surface area contributed by atoms with Crippen molar-refractivity contribution in [1.29, 1.82) is 0 Å². The molecular weight excluding hydrogens is 987 g/mol. The molecule has 12 aromatic carbocycles. The van der Waals surface area contributed by atoms with Crippen LogP contribution in [0.1, 0.15) is 0 Å². The van der Waals surface area contributed by atoms with Crippen molar-refractivity contribution in [2.75, 3.05) is 0 Å². The number of benzene rings is 12. The van der Waals surface area contributed by atoms with E-state index in [-0.39, 0.29) is 0 Å². The van der Waals surface area contributed by atoms with Crippen molar-refractivity contribution in [3.63, 3.8) is 0 Å². The maximum atomic E-state index is 5.89. The third-order valence-electron chi connectivity index (χ3n) is 16.5. The second-order valence-electron chi connectivity index (χ2n) is 20.9. The van der Waals surface area contributed by atoms with E-state index in [0.29, 0.717) is 17.5 Å². The van der Waals surface area contributed by atoms with Crippen molar-refractivity contribution in [1.82, 2.24) is 33.6 Å². The maximum absolute atomic E-state index is 5.89. The summed E-state index contributed by atoms with van der Waals surface area (Å²) in [4.78, 5) is 21.3. The van der Waals surface area contributed by atoms with Gasteiger partial charge in [0.2, 0.25) is 0 Å². The predicted molar refractivity (Wildman–Crippen MR) is 335 cm³/mol. The molecule has 0 spiro atoms. The standard InChI is InChI=1S/C74H45N7/c1-3-22-50(23-4-1)71-76-72(51-24-5-2-6-25-51)78-73(77-71)52-37-35-49(36-38-52)66-65(79-59-32-16-13-29-56(59)67-53-26-10-7-19-46(53)39-42-62(67)79)45-75-74(81-61-34-18-15-31-58(61)69-55-28-12-9-21-48(55)41-44-64(69)81)70(66)80-60-33-17-14-30-57(60)68-54-27-11-8-20-47(54)40-43-63(68)80/h1-45H. The zero-order valence-electron chi connectivity index (χ0n) is 43.6. The molecule has 0 unspecified atom stereocenters. The lowest BCUT2D eigenvalue weighted by molar-refractivity contribution is 1.01. The van der Waals surface area contributed by atoms with Crippen LogP contribution in [-0.2, 0) is 0 Å². The summed E-state index contributed by atoms with van der Waals surface area (Å²) in [7, 11) is 0. The molecule has 0 saturated heterocycles. The zero-order valence-corrected chi connectivity index (χ0v) is 43.6. The molecule has 7 nitrogen and oxygen atoms in total. The van der Waals surface area contributed by atoms with E-state index >= 15 is 0 Å². The van der Waals surface area contributed by atoms with E-state index in [1.165, 1.54) is 53.9 Å². The normalized spacial score (nSPS) is 12.0. The molecule has 0 aliphatic rings. The fraction of sp³-hybridized carbons (Fsp3) is 0. The molecule has 0 bridgehead atoms. The Morgan fingerprint density at radius 3 is 1.06 bits per heavy atom. The minimum absolute atomic E-state index is 0.589. The van der Waals surface area contributed by atoms with Crippen LogP contribution in [0.3, 0.4) is 0 Å². The van der Waals surface area contributed by atoms with E-state index < -0.39 is 0 Å². The van der Waals surface area contributed by atoms with Crippen molar-refractivity contribution in [3.05, 3.63) is 273 Å². The average Bonchev–Trinajstić information content (AvgIpc) is 3.13. The highest BCUT2D eigenvalue weighted by Gasteiger charge is 2.29. The van der Waals surface area contributed by atoms with Crippen LogP contribution in [0.2, 0.25) is 0 Å². The smallest absolute Gasteiger partial charge is 0.164 e. The molecule has 0 aliphatic carbocycles. The Balaban J connectivity index is 1.04. The number of aromatic nitrogens is 7. The van der Waals surface area contributed by atoms with Gasteiger partial charge in [0.25, 0.3) is 0 Å². The minimum Gasteiger partial charge on any atom is -0.307 e. The second kappa shape index (κ2) is 17.8. The Labute approximate surface area is 464 Å². The van der Waals surface area contributed by atoms with Crippen molar-refractivity contribution >= 4 is 97.7 Å². The highest BCUT2D eigenvalue weighted by Crippen LogP contribution is 2.48. The molecule has 376 valence electrons. The van der Waals surface area contributed by atoms with Gasteiger partial charge in [-0.15, -0.1) is 0 Å². The molecule has 0 aliphatic heterocycles. The van der Waals surface area contributed by atoms with Gasteiger partial charge < -0.3 is 9.13 Å². The molecule has 81 heavy (non-hydrogen) atoms. The monoisotopic (exact) mass is 1030 g/mol. The van der Waals surface area contributed by atoms with Crippen LogP contribution in [0.25, 0.3) is 160 Å². The van der Waals surface area contributed by atoms with Crippen LogP contribution in [0, 0.1) is 0 Å². The Morgan fingerprint density at radius 2 is 0.593 bits per heavy atom. The highest BCUT2D eigenvalue weighted by molar-refractivity contribution is 6.25. The third-order valence-corrected chi connectivity index (χ3v) is 16.5. The molecule has 0 atom stereocenters. The molecule has 0 saturated carbocycles. The summed E-state index contributed by atoms with van der Waals surface area (Å²) < 4.78 is 7.37. The summed E-state index contributed by atoms with van der Waals surface area (Å²) in [6, 6.07) is 95.6. The Kier molecular flexibility index (Phi) is 9.88. The quantitative estimate of drug-likeness (QED) is 0.160. The first-order valence-corrected chi connectivity index (χ1v) is 27.5. The van der Waals surface area contributed by atoms with E-state index in [1.807, 2.05) is 36.4 Å². The highest BCUT2D eigenvalue weighted by atomic mass is 15.1. The maximum Gasteiger partial charge on any atom is 0.164 e. The van der Waals surface area contributed by atoms with Gasteiger partial charge in [0.1, 0.15) is 0 Å². The van der Waals surface area contributed by atoms with Crippen LogP contribution in [0.4, 0.5) is 0 Å².